The second kappa shape index (κ2) is 5.22. The van der Waals surface area contributed by atoms with Crippen LogP contribution in [0.2, 0.25) is 0 Å². The molecule has 2 rings (SSSR count). The second-order valence-electron chi connectivity index (χ2n) is 3.85. The summed E-state index contributed by atoms with van der Waals surface area (Å²) in [6, 6.07) is 2.04. The van der Waals surface area contributed by atoms with E-state index in [-0.39, 0.29) is 5.56 Å². The number of aliphatic hydroxyl groups excluding tert-OH is 1. The molecule has 0 radical (unpaired) electrons. The number of benzene rings is 1. The maximum absolute atomic E-state index is 13.2. The van der Waals surface area contributed by atoms with Crippen molar-refractivity contribution in [3.8, 4) is 0 Å². The fraction of sp³-hybridized carbons (Fsp3) is 0.167. The topological polar surface area (TPSA) is 20.2 Å². The maximum atomic E-state index is 13.2. The van der Waals surface area contributed by atoms with E-state index in [1.54, 1.807) is 10.8 Å². The van der Waals surface area contributed by atoms with Crippen LogP contribution >= 0.6 is 27.3 Å². The summed E-state index contributed by atoms with van der Waals surface area (Å²) in [5.74, 6) is -1.03. The van der Waals surface area contributed by atoms with E-state index in [1.807, 2.05) is 0 Å². The molecule has 19 heavy (non-hydrogen) atoms. The highest BCUT2D eigenvalue weighted by molar-refractivity contribution is 9.10. The van der Waals surface area contributed by atoms with Gasteiger partial charge in [0, 0.05) is 15.4 Å². The number of hydrogen-bond donors (Lipinski definition) is 1. The van der Waals surface area contributed by atoms with Gasteiger partial charge < -0.3 is 5.11 Å². The standard InChI is InChI=1S/C12H7BrF4OS/c13-10-5-19-4-9(10)11(18)6-1-7(12(15,16)17)3-8(14)2-6/h1-5,11,18H. The summed E-state index contributed by atoms with van der Waals surface area (Å²) in [5, 5.41) is 13.3. The third-order valence-electron chi connectivity index (χ3n) is 2.50. The van der Waals surface area contributed by atoms with Gasteiger partial charge in [-0.2, -0.15) is 24.5 Å². The molecule has 0 amide bonds. The van der Waals surface area contributed by atoms with Crippen LogP contribution in [0.3, 0.4) is 0 Å². The zero-order valence-corrected chi connectivity index (χ0v) is 11.6. The molecule has 1 N–H and O–H groups in total. The van der Waals surface area contributed by atoms with Crippen LogP contribution in [0.4, 0.5) is 17.6 Å². The number of aliphatic hydroxyl groups is 1. The number of thiophene rings is 1. The minimum atomic E-state index is -4.65. The van der Waals surface area contributed by atoms with Crippen LogP contribution < -0.4 is 0 Å². The van der Waals surface area contributed by atoms with Gasteiger partial charge in [0.1, 0.15) is 11.9 Å². The van der Waals surface area contributed by atoms with E-state index < -0.39 is 23.7 Å². The average molecular weight is 355 g/mol. The molecule has 1 aromatic carbocycles. The highest BCUT2D eigenvalue weighted by atomic mass is 79.9. The van der Waals surface area contributed by atoms with Crippen molar-refractivity contribution in [3.05, 3.63) is 55.9 Å². The molecule has 2 aromatic rings. The predicted octanol–water partition coefficient (Wildman–Crippen LogP) is 4.75. The van der Waals surface area contributed by atoms with Crippen molar-refractivity contribution in [1.82, 2.24) is 0 Å². The Balaban J connectivity index is 2.46. The van der Waals surface area contributed by atoms with Gasteiger partial charge in [0.25, 0.3) is 0 Å². The van der Waals surface area contributed by atoms with Gasteiger partial charge in [0.15, 0.2) is 0 Å². The minimum Gasteiger partial charge on any atom is -0.384 e. The summed E-state index contributed by atoms with van der Waals surface area (Å²) in [5.41, 5.74) is -0.844. The highest BCUT2D eigenvalue weighted by Crippen LogP contribution is 2.35. The lowest BCUT2D eigenvalue weighted by molar-refractivity contribution is -0.137. The summed E-state index contributed by atoms with van der Waals surface area (Å²) < 4.78 is 51.5. The fourth-order valence-corrected chi connectivity index (χ4v) is 3.13. The van der Waals surface area contributed by atoms with Crippen LogP contribution in [-0.4, -0.2) is 5.11 Å². The van der Waals surface area contributed by atoms with Crippen molar-refractivity contribution in [2.75, 3.05) is 0 Å². The van der Waals surface area contributed by atoms with Crippen LogP contribution in [0.25, 0.3) is 0 Å². The molecule has 0 bridgehead atoms. The van der Waals surface area contributed by atoms with E-state index in [0.717, 1.165) is 12.1 Å². The smallest absolute Gasteiger partial charge is 0.384 e. The Labute approximate surface area is 118 Å². The Hall–Kier alpha value is -0.920. The molecule has 0 saturated carbocycles. The Kier molecular flexibility index (Phi) is 3.98. The maximum Gasteiger partial charge on any atom is 0.416 e. The third-order valence-corrected chi connectivity index (χ3v) is 4.25. The molecule has 0 fully saturated rings. The largest absolute Gasteiger partial charge is 0.416 e. The predicted molar refractivity (Wildman–Crippen MR) is 67.5 cm³/mol. The van der Waals surface area contributed by atoms with Gasteiger partial charge >= 0.3 is 6.18 Å². The first kappa shape index (κ1) is 14.5. The summed E-state index contributed by atoms with van der Waals surface area (Å²) in [4.78, 5) is 0. The summed E-state index contributed by atoms with van der Waals surface area (Å²) >= 11 is 4.46. The molecule has 0 aliphatic rings. The van der Waals surface area contributed by atoms with Crippen LogP contribution in [0, 0.1) is 5.82 Å². The monoisotopic (exact) mass is 354 g/mol. The van der Waals surface area contributed by atoms with Crippen molar-refractivity contribution >= 4 is 27.3 Å². The van der Waals surface area contributed by atoms with Crippen molar-refractivity contribution in [3.63, 3.8) is 0 Å². The Morgan fingerprint density at radius 1 is 1.16 bits per heavy atom. The molecule has 102 valence electrons. The van der Waals surface area contributed by atoms with E-state index >= 15 is 0 Å². The van der Waals surface area contributed by atoms with Gasteiger partial charge in [-0.25, -0.2) is 4.39 Å². The number of halogens is 5. The SMILES string of the molecule is OC(c1cc(F)cc(C(F)(F)F)c1)c1cscc1Br. The summed E-state index contributed by atoms with van der Waals surface area (Å²) in [6.45, 7) is 0. The first-order valence-corrected chi connectivity index (χ1v) is 6.80. The van der Waals surface area contributed by atoms with E-state index in [2.05, 4.69) is 15.9 Å². The van der Waals surface area contributed by atoms with Crippen molar-refractivity contribution in [2.24, 2.45) is 0 Å². The van der Waals surface area contributed by atoms with E-state index in [9.17, 15) is 22.7 Å². The second-order valence-corrected chi connectivity index (χ2v) is 5.45. The van der Waals surface area contributed by atoms with Crippen molar-refractivity contribution < 1.29 is 22.7 Å². The van der Waals surface area contributed by atoms with Gasteiger partial charge in [-0.15, -0.1) is 0 Å². The number of alkyl halides is 3. The fourth-order valence-electron chi connectivity index (χ4n) is 1.60. The van der Waals surface area contributed by atoms with Crippen molar-refractivity contribution in [1.29, 1.82) is 0 Å². The average Bonchev–Trinajstić information content (AvgIpc) is 2.72. The normalized spacial score (nSPS) is 13.6. The van der Waals surface area contributed by atoms with Crippen molar-refractivity contribution in [2.45, 2.75) is 12.3 Å². The summed E-state index contributed by atoms with van der Waals surface area (Å²) in [7, 11) is 0. The van der Waals surface area contributed by atoms with Gasteiger partial charge in [0.2, 0.25) is 0 Å². The minimum absolute atomic E-state index is 0.133. The molecular weight excluding hydrogens is 348 g/mol. The molecule has 1 nitrogen and oxygen atoms in total. The third kappa shape index (κ3) is 3.16. The molecule has 1 atom stereocenters. The van der Waals surface area contributed by atoms with Crippen LogP contribution in [0.5, 0.6) is 0 Å². The molecule has 1 aromatic heterocycles. The number of hydrogen-bond acceptors (Lipinski definition) is 2. The van der Waals surface area contributed by atoms with Gasteiger partial charge in [-0.1, -0.05) is 0 Å². The lowest BCUT2D eigenvalue weighted by Gasteiger charge is -2.14. The lowest BCUT2D eigenvalue weighted by atomic mass is 10.0. The molecule has 7 heteroatoms. The highest BCUT2D eigenvalue weighted by Gasteiger charge is 2.32. The Bertz CT molecular complexity index is 594. The van der Waals surface area contributed by atoms with E-state index in [4.69, 9.17) is 0 Å². The molecule has 1 unspecified atom stereocenters. The van der Waals surface area contributed by atoms with Crippen LogP contribution in [0.1, 0.15) is 22.8 Å². The van der Waals surface area contributed by atoms with E-state index in [0.29, 0.717) is 16.1 Å². The van der Waals surface area contributed by atoms with Crippen LogP contribution in [0.15, 0.2) is 33.4 Å². The zero-order chi connectivity index (χ0) is 14.2. The Morgan fingerprint density at radius 3 is 2.37 bits per heavy atom. The summed E-state index contributed by atoms with van der Waals surface area (Å²) in [6.07, 6.45) is -5.96. The van der Waals surface area contributed by atoms with Crippen LogP contribution in [-0.2, 0) is 6.18 Å². The quantitative estimate of drug-likeness (QED) is 0.771. The molecule has 1 heterocycles. The number of rotatable bonds is 2. The Morgan fingerprint density at radius 2 is 1.84 bits per heavy atom. The molecule has 0 aliphatic carbocycles. The molecule has 0 saturated heterocycles. The van der Waals surface area contributed by atoms with Gasteiger partial charge in [-0.05, 0) is 45.1 Å². The lowest BCUT2D eigenvalue weighted by Crippen LogP contribution is -2.08. The molecule has 0 aliphatic heterocycles. The molecule has 0 spiro atoms. The first-order chi connectivity index (χ1) is 8.79. The molecular formula is C12H7BrF4OS. The zero-order valence-electron chi connectivity index (χ0n) is 9.21. The first-order valence-electron chi connectivity index (χ1n) is 5.06. The van der Waals surface area contributed by atoms with E-state index in [1.165, 1.54) is 11.3 Å². The van der Waals surface area contributed by atoms with Gasteiger partial charge in [0.05, 0.1) is 5.56 Å². The van der Waals surface area contributed by atoms with Gasteiger partial charge in [-0.3, -0.25) is 0 Å².